The molecule has 5 nitrogen and oxygen atoms in total. The fourth-order valence-electron chi connectivity index (χ4n) is 2.96. The van der Waals surface area contributed by atoms with Gasteiger partial charge >= 0.3 is 0 Å². The molecule has 0 saturated carbocycles. The lowest BCUT2D eigenvalue weighted by molar-refractivity contribution is 0.331. The normalized spacial score (nSPS) is 16.2. The molecule has 1 N–H and O–H groups in total. The zero-order valence-corrected chi connectivity index (χ0v) is 15.4. The molecule has 0 radical (unpaired) electrons. The highest BCUT2D eigenvalue weighted by Gasteiger charge is 2.30. The van der Waals surface area contributed by atoms with E-state index in [1.165, 1.54) is 0 Å². The number of aryl methyl sites for hydroxylation is 1. The van der Waals surface area contributed by atoms with Crippen LogP contribution >= 0.6 is 0 Å². The van der Waals surface area contributed by atoms with Gasteiger partial charge in [-0.3, -0.25) is 4.79 Å². The Labute approximate surface area is 139 Å². The number of aromatic nitrogens is 2. The topological polar surface area (TPSA) is 58.4 Å². The minimum Gasteiger partial charge on any atom is -0.504 e. The Morgan fingerprint density at radius 3 is 2.13 bits per heavy atom. The number of anilines is 1. The van der Waals surface area contributed by atoms with Crippen molar-refractivity contribution in [2.24, 2.45) is 5.41 Å². The van der Waals surface area contributed by atoms with Crippen LogP contribution in [0.3, 0.4) is 0 Å². The van der Waals surface area contributed by atoms with E-state index in [2.05, 4.69) is 30.8 Å². The van der Waals surface area contributed by atoms with Crippen LogP contribution in [0.15, 0.2) is 4.79 Å². The Balaban J connectivity index is 2.53. The highest BCUT2D eigenvalue weighted by molar-refractivity contribution is 5.56. The zero-order chi connectivity index (χ0) is 17.4. The van der Waals surface area contributed by atoms with Gasteiger partial charge in [0.25, 0.3) is 5.56 Å². The first-order valence-electron chi connectivity index (χ1n) is 8.60. The van der Waals surface area contributed by atoms with E-state index in [9.17, 15) is 9.90 Å². The van der Waals surface area contributed by atoms with Gasteiger partial charge in [0.2, 0.25) is 0 Å². The smallest absolute Gasteiger partial charge is 0.274 e. The Bertz CT molecular complexity index is 615. The Morgan fingerprint density at radius 2 is 1.65 bits per heavy atom. The number of nitrogens with zero attached hydrogens (tertiary/aromatic N) is 3. The minimum atomic E-state index is -0.415. The summed E-state index contributed by atoms with van der Waals surface area (Å²) < 4.78 is 1.55. The van der Waals surface area contributed by atoms with Crippen LogP contribution in [0, 0.1) is 5.41 Å². The molecule has 0 atom stereocenters. The van der Waals surface area contributed by atoms with Crippen LogP contribution < -0.4 is 10.5 Å². The molecular weight excluding hydrogens is 290 g/mol. The molecule has 0 bridgehead atoms. The summed E-state index contributed by atoms with van der Waals surface area (Å²) in [6.45, 7) is 14.7. The van der Waals surface area contributed by atoms with Crippen LogP contribution in [0.4, 0.5) is 5.82 Å². The molecule has 1 aliphatic heterocycles. The second-order valence-corrected chi connectivity index (χ2v) is 8.83. The van der Waals surface area contributed by atoms with Crippen molar-refractivity contribution in [1.82, 2.24) is 9.78 Å². The third kappa shape index (κ3) is 4.06. The molecule has 1 aromatic rings. The fourth-order valence-corrected chi connectivity index (χ4v) is 2.96. The summed E-state index contributed by atoms with van der Waals surface area (Å²) in [5.41, 5.74) is 0.0297. The minimum absolute atomic E-state index is 0.0661. The number of hydrogen-bond acceptors (Lipinski definition) is 4. The van der Waals surface area contributed by atoms with Gasteiger partial charge in [0.05, 0.1) is 5.56 Å². The van der Waals surface area contributed by atoms with Gasteiger partial charge in [0, 0.05) is 19.6 Å². The van der Waals surface area contributed by atoms with Gasteiger partial charge in [0.15, 0.2) is 11.6 Å². The molecule has 1 fully saturated rings. The van der Waals surface area contributed by atoms with E-state index < -0.39 is 5.41 Å². The van der Waals surface area contributed by atoms with Gasteiger partial charge < -0.3 is 10.0 Å². The first kappa shape index (κ1) is 17.8. The Morgan fingerprint density at radius 1 is 1.09 bits per heavy atom. The molecule has 0 aliphatic carbocycles. The lowest BCUT2D eigenvalue weighted by Crippen LogP contribution is -2.35. The summed E-state index contributed by atoms with van der Waals surface area (Å²) in [5, 5.41) is 15.2. The molecule has 0 amide bonds. The van der Waals surface area contributed by atoms with Gasteiger partial charge in [-0.1, -0.05) is 41.5 Å². The van der Waals surface area contributed by atoms with Crippen LogP contribution in [-0.4, -0.2) is 28.0 Å². The molecule has 0 spiro atoms. The summed E-state index contributed by atoms with van der Waals surface area (Å²) in [4.78, 5) is 14.9. The predicted molar refractivity (Wildman–Crippen MR) is 94.4 cm³/mol. The number of hydrogen-bond donors (Lipinski definition) is 1. The molecule has 130 valence electrons. The molecule has 2 heterocycles. The lowest BCUT2D eigenvalue weighted by Gasteiger charge is -2.26. The maximum atomic E-state index is 12.8. The Hall–Kier alpha value is -1.52. The SMILES string of the molecule is CC(C)(C)CCn1nc(N2CCCC2)c(O)c(C(C)(C)C)c1=O. The molecule has 1 saturated heterocycles. The first-order valence-corrected chi connectivity index (χ1v) is 8.60. The second kappa shape index (κ2) is 6.17. The van der Waals surface area contributed by atoms with Crippen molar-refractivity contribution in [2.45, 2.75) is 72.8 Å². The monoisotopic (exact) mass is 321 g/mol. The standard InChI is InChI=1S/C18H31N3O2/c1-17(2,3)9-12-21-16(23)13(18(4,5)6)14(22)15(19-21)20-10-7-8-11-20/h22H,7-12H2,1-6H3. The third-order valence-electron chi connectivity index (χ3n) is 4.34. The second-order valence-electron chi connectivity index (χ2n) is 8.83. The number of aromatic hydroxyl groups is 1. The van der Waals surface area contributed by atoms with E-state index >= 15 is 0 Å². The summed E-state index contributed by atoms with van der Waals surface area (Å²) in [7, 11) is 0. The summed E-state index contributed by atoms with van der Waals surface area (Å²) in [6, 6.07) is 0. The first-order chi connectivity index (χ1) is 10.5. The van der Waals surface area contributed by atoms with Gasteiger partial charge in [-0.2, -0.15) is 0 Å². The van der Waals surface area contributed by atoms with Gasteiger partial charge in [-0.15, -0.1) is 5.10 Å². The predicted octanol–water partition coefficient (Wildman–Crippen LogP) is 3.28. The van der Waals surface area contributed by atoms with Crippen molar-refractivity contribution in [2.75, 3.05) is 18.0 Å². The highest BCUT2D eigenvalue weighted by atomic mass is 16.3. The van der Waals surface area contributed by atoms with Crippen LogP contribution in [0.25, 0.3) is 0 Å². The summed E-state index contributed by atoms with van der Waals surface area (Å²) in [6.07, 6.45) is 3.08. The largest absolute Gasteiger partial charge is 0.504 e. The molecule has 1 aliphatic rings. The van der Waals surface area contributed by atoms with E-state index in [1.54, 1.807) is 4.68 Å². The van der Waals surface area contributed by atoms with E-state index in [4.69, 9.17) is 0 Å². The average Bonchev–Trinajstić information content (AvgIpc) is 2.88. The fraction of sp³-hybridized carbons (Fsp3) is 0.778. The van der Waals surface area contributed by atoms with Crippen molar-refractivity contribution < 1.29 is 5.11 Å². The van der Waals surface area contributed by atoms with Crippen LogP contribution in [-0.2, 0) is 12.0 Å². The van der Waals surface area contributed by atoms with E-state index in [0.717, 1.165) is 32.4 Å². The highest BCUT2D eigenvalue weighted by Crippen LogP contribution is 2.35. The van der Waals surface area contributed by atoms with Gasteiger partial charge in [-0.05, 0) is 30.1 Å². The quantitative estimate of drug-likeness (QED) is 0.928. The van der Waals surface area contributed by atoms with Crippen molar-refractivity contribution in [3.8, 4) is 5.75 Å². The molecule has 2 rings (SSSR count). The maximum absolute atomic E-state index is 12.8. The van der Waals surface area contributed by atoms with Crippen LogP contribution in [0.1, 0.15) is 66.4 Å². The zero-order valence-electron chi connectivity index (χ0n) is 15.4. The van der Waals surface area contributed by atoms with Crippen molar-refractivity contribution in [3.63, 3.8) is 0 Å². The van der Waals surface area contributed by atoms with Crippen molar-refractivity contribution in [3.05, 3.63) is 15.9 Å². The summed E-state index contributed by atoms with van der Waals surface area (Å²) in [5.74, 6) is 0.636. The average molecular weight is 321 g/mol. The number of rotatable bonds is 3. The van der Waals surface area contributed by atoms with Gasteiger partial charge in [0.1, 0.15) is 0 Å². The van der Waals surface area contributed by atoms with Gasteiger partial charge in [-0.25, -0.2) is 4.68 Å². The molecule has 0 aromatic carbocycles. The van der Waals surface area contributed by atoms with Crippen molar-refractivity contribution in [1.29, 1.82) is 0 Å². The molecule has 0 unspecified atom stereocenters. The molecule has 5 heteroatoms. The van der Waals surface area contributed by atoms with Crippen LogP contribution in [0.5, 0.6) is 5.75 Å². The van der Waals surface area contributed by atoms with Crippen molar-refractivity contribution >= 4 is 5.82 Å². The molecular formula is C18H31N3O2. The third-order valence-corrected chi connectivity index (χ3v) is 4.34. The molecule has 1 aromatic heterocycles. The lowest BCUT2D eigenvalue weighted by atomic mass is 9.87. The van der Waals surface area contributed by atoms with E-state index in [-0.39, 0.29) is 16.7 Å². The maximum Gasteiger partial charge on any atom is 0.274 e. The molecule has 23 heavy (non-hydrogen) atoms. The summed E-state index contributed by atoms with van der Waals surface area (Å²) >= 11 is 0. The Kier molecular flexibility index (Phi) is 4.79. The van der Waals surface area contributed by atoms with Crippen LogP contribution in [0.2, 0.25) is 0 Å². The van der Waals surface area contributed by atoms with E-state index in [1.807, 2.05) is 20.8 Å². The van der Waals surface area contributed by atoms with E-state index in [0.29, 0.717) is 17.9 Å².